The maximum atomic E-state index is 12.4. The molecule has 0 N–H and O–H groups in total. The van der Waals surface area contributed by atoms with Gasteiger partial charge < -0.3 is 14.2 Å². The minimum atomic E-state index is 0.0804. The van der Waals surface area contributed by atoms with Crippen LogP contribution in [0.2, 0.25) is 0 Å². The summed E-state index contributed by atoms with van der Waals surface area (Å²) in [4.78, 5) is 22.5. The summed E-state index contributed by atoms with van der Waals surface area (Å²) in [6, 6.07) is 3.74. The van der Waals surface area contributed by atoms with E-state index >= 15 is 0 Å². The Morgan fingerprint density at radius 2 is 2.13 bits per heavy atom. The zero-order valence-electron chi connectivity index (χ0n) is 13.3. The number of morpholine rings is 1. The van der Waals surface area contributed by atoms with E-state index in [0.29, 0.717) is 37.7 Å². The van der Waals surface area contributed by atoms with Gasteiger partial charge in [-0.1, -0.05) is 5.16 Å². The highest BCUT2D eigenvalue weighted by Crippen LogP contribution is 2.16. The van der Waals surface area contributed by atoms with Crippen LogP contribution < -0.4 is 0 Å². The van der Waals surface area contributed by atoms with Gasteiger partial charge in [-0.2, -0.15) is 4.98 Å². The van der Waals surface area contributed by atoms with E-state index in [4.69, 9.17) is 9.26 Å². The van der Waals surface area contributed by atoms with Crippen molar-refractivity contribution in [2.75, 3.05) is 13.2 Å². The van der Waals surface area contributed by atoms with Crippen LogP contribution in [0.3, 0.4) is 0 Å². The lowest BCUT2D eigenvalue weighted by Gasteiger charge is -2.36. The van der Waals surface area contributed by atoms with Crippen LogP contribution in [0.25, 0.3) is 11.4 Å². The van der Waals surface area contributed by atoms with Gasteiger partial charge >= 0.3 is 0 Å². The van der Waals surface area contributed by atoms with Crippen LogP contribution in [0.4, 0.5) is 0 Å². The SMILES string of the molecule is C[C@@H]1CN(C(=O)CCc2nc(-c3ccncc3)no2)[C@H](C)CO1. The van der Waals surface area contributed by atoms with E-state index in [-0.39, 0.29) is 18.1 Å². The maximum Gasteiger partial charge on any atom is 0.227 e. The molecule has 0 aromatic carbocycles. The molecule has 0 unspecified atom stereocenters. The van der Waals surface area contributed by atoms with Crippen molar-refractivity contribution in [1.82, 2.24) is 20.0 Å². The number of nitrogens with zero attached hydrogens (tertiary/aromatic N) is 4. The topological polar surface area (TPSA) is 81.4 Å². The molecule has 1 aliphatic rings. The van der Waals surface area contributed by atoms with Gasteiger partial charge in [0.15, 0.2) is 0 Å². The molecule has 0 aliphatic carbocycles. The number of carbonyl (C=O) groups is 1. The molecule has 1 aliphatic heterocycles. The normalized spacial score (nSPS) is 21.4. The lowest BCUT2D eigenvalue weighted by atomic mass is 10.1. The Morgan fingerprint density at radius 1 is 1.35 bits per heavy atom. The first-order valence-corrected chi connectivity index (χ1v) is 7.77. The van der Waals surface area contributed by atoms with E-state index < -0.39 is 0 Å². The fourth-order valence-corrected chi connectivity index (χ4v) is 2.58. The first kappa shape index (κ1) is 15.6. The second kappa shape index (κ2) is 6.87. The second-order valence-corrected chi connectivity index (χ2v) is 5.79. The molecule has 2 atom stereocenters. The highest BCUT2D eigenvalue weighted by molar-refractivity contribution is 5.76. The summed E-state index contributed by atoms with van der Waals surface area (Å²) in [5.41, 5.74) is 0.844. The van der Waals surface area contributed by atoms with Gasteiger partial charge in [0, 0.05) is 37.3 Å². The third-order valence-corrected chi connectivity index (χ3v) is 3.89. The van der Waals surface area contributed by atoms with Crippen molar-refractivity contribution in [3.8, 4) is 11.4 Å². The lowest BCUT2D eigenvalue weighted by molar-refractivity contribution is -0.143. The van der Waals surface area contributed by atoms with Gasteiger partial charge in [-0.15, -0.1) is 0 Å². The van der Waals surface area contributed by atoms with Crippen molar-refractivity contribution >= 4 is 5.91 Å². The summed E-state index contributed by atoms with van der Waals surface area (Å²) >= 11 is 0. The molecule has 2 aromatic rings. The first-order chi connectivity index (χ1) is 11.1. The summed E-state index contributed by atoms with van der Waals surface area (Å²) in [7, 11) is 0. The fourth-order valence-electron chi connectivity index (χ4n) is 2.58. The monoisotopic (exact) mass is 316 g/mol. The van der Waals surface area contributed by atoms with Crippen molar-refractivity contribution < 1.29 is 14.1 Å². The highest BCUT2D eigenvalue weighted by atomic mass is 16.5. The highest BCUT2D eigenvalue weighted by Gasteiger charge is 2.27. The van der Waals surface area contributed by atoms with Crippen molar-refractivity contribution in [2.24, 2.45) is 0 Å². The molecular formula is C16H20N4O3. The molecule has 2 aromatic heterocycles. The maximum absolute atomic E-state index is 12.4. The number of rotatable bonds is 4. The van der Waals surface area contributed by atoms with Crippen LogP contribution >= 0.6 is 0 Å². The number of aromatic nitrogens is 3. The Bertz CT molecular complexity index is 658. The average Bonchev–Trinajstić information content (AvgIpc) is 3.05. The standard InChI is InChI=1S/C16H20N4O3/c1-11-10-22-12(2)9-20(11)15(21)4-3-14-18-16(19-23-14)13-5-7-17-8-6-13/h5-8,11-12H,3-4,9-10H2,1-2H3/t11-,12-/m1/s1. The Balaban J connectivity index is 1.58. The average molecular weight is 316 g/mol. The summed E-state index contributed by atoms with van der Waals surface area (Å²) in [6.07, 6.45) is 4.23. The zero-order chi connectivity index (χ0) is 16.2. The van der Waals surface area contributed by atoms with E-state index in [2.05, 4.69) is 15.1 Å². The van der Waals surface area contributed by atoms with Crippen LogP contribution in [0.1, 0.15) is 26.2 Å². The summed E-state index contributed by atoms with van der Waals surface area (Å²) in [5, 5.41) is 3.95. The van der Waals surface area contributed by atoms with E-state index in [9.17, 15) is 4.79 Å². The molecule has 23 heavy (non-hydrogen) atoms. The lowest BCUT2D eigenvalue weighted by Crippen LogP contribution is -2.50. The van der Waals surface area contributed by atoms with Crippen molar-refractivity contribution in [3.63, 3.8) is 0 Å². The molecule has 1 fully saturated rings. The van der Waals surface area contributed by atoms with Crippen LogP contribution in [0.15, 0.2) is 29.0 Å². The Labute approximate surface area is 134 Å². The number of aryl methyl sites for hydroxylation is 1. The van der Waals surface area contributed by atoms with Crippen molar-refractivity contribution in [3.05, 3.63) is 30.4 Å². The van der Waals surface area contributed by atoms with Gasteiger partial charge in [0.25, 0.3) is 0 Å². The molecular weight excluding hydrogens is 296 g/mol. The van der Waals surface area contributed by atoms with Gasteiger partial charge in [0.2, 0.25) is 17.6 Å². The Kier molecular flexibility index (Phi) is 4.66. The molecule has 0 saturated carbocycles. The van der Waals surface area contributed by atoms with Crippen molar-refractivity contribution in [1.29, 1.82) is 0 Å². The van der Waals surface area contributed by atoms with E-state index in [1.54, 1.807) is 12.4 Å². The number of carbonyl (C=O) groups excluding carboxylic acids is 1. The van der Waals surface area contributed by atoms with Gasteiger partial charge in [0.1, 0.15) is 0 Å². The molecule has 7 nitrogen and oxygen atoms in total. The predicted octanol–water partition coefficient (Wildman–Crippen LogP) is 1.70. The van der Waals surface area contributed by atoms with Gasteiger partial charge in [-0.05, 0) is 26.0 Å². The predicted molar refractivity (Wildman–Crippen MR) is 82.4 cm³/mol. The number of hydrogen-bond donors (Lipinski definition) is 0. The van der Waals surface area contributed by atoms with Gasteiger partial charge in [0.05, 0.1) is 18.8 Å². The van der Waals surface area contributed by atoms with Crippen LogP contribution in [0, 0.1) is 0 Å². The third kappa shape index (κ3) is 3.73. The van der Waals surface area contributed by atoms with Gasteiger partial charge in [-0.25, -0.2) is 0 Å². The van der Waals surface area contributed by atoms with Crippen LogP contribution in [-0.4, -0.2) is 51.2 Å². The minimum Gasteiger partial charge on any atom is -0.375 e. The summed E-state index contributed by atoms with van der Waals surface area (Å²) in [5.74, 6) is 1.08. The largest absolute Gasteiger partial charge is 0.375 e. The summed E-state index contributed by atoms with van der Waals surface area (Å²) in [6.45, 7) is 5.19. The fraction of sp³-hybridized carbons (Fsp3) is 0.500. The molecule has 0 bridgehead atoms. The Hall–Kier alpha value is -2.28. The summed E-state index contributed by atoms with van der Waals surface area (Å²) < 4.78 is 10.8. The Morgan fingerprint density at radius 3 is 2.91 bits per heavy atom. The molecule has 3 heterocycles. The molecule has 0 radical (unpaired) electrons. The molecule has 0 spiro atoms. The third-order valence-electron chi connectivity index (χ3n) is 3.89. The van der Waals surface area contributed by atoms with E-state index in [1.807, 2.05) is 30.9 Å². The van der Waals surface area contributed by atoms with Crippen LogP contribution in [0.5, 0.6) is 0 Å². The van der Waals surface area contributed by atoms with Crippen molar-refractivity contribution in [2.45, 2.75) is 38.8 Å². The molecule has 3 rings (SSSR count). The molecule has 1 amide bonds. The zero-order valence-corrected chi connectivity index (χ0v) is 13.3. The number of hydrogen-bond acceptors (Lipinski definition) is 6. The van der Waals surface area contributed by atoms with E-state index in [0.717, 1.165) is 5.56 Å². The number of ether oxygens (including phenoxy) is 1. The van der Waals surface area contributed by atoms with Gasteiger partial charge in [-0.3, -0.25) is 9.78 Å². The molecule has 1 saturated heterocycles. The number of pyridine rings is 1. The number of amides is 1. The van der Waals surface area contributed by atoms with E-state index in [1.165, 1.54) is 0 Å². The molecule has 7 heteroatoms. The minimum absolute atomic E-state index is 0.0804. The smallest absolute Gasteiger partial charge is 0.227 e. The molecule has 122 valence electrons. The second-order valence-electron chi connectivity index (χ2n) is 5.79. The quantitative estimate of drug-likeness (QED) is 0.854. The first-order valence-electron chi connectivity index (χ1n) is 7.77. The van der Waals surface area contributed by atoms with Crippen LogP contribution in [-0.2, 0) is 16.0 Å².